The van der Waals surface area contributed by atoms with Gasteiger partial charge in [-0.3, -0.25) is 4.99 Å². The predicted octanol–water partition coefficient (Wildman–Crippen LogP) is 4.47. The molecular weight excluding hydrogens is 466 g/mol. The summed E-state index contributed by atoms with van der Waals surface area (Å²) in [5.74, 6) is 1.27. The first kappa shape index (κ1) is 20.6. The molecule has 26 heavy (non-hydrogen) atoms. The molecule has 1 aromatic carbocycles. The van der Waals surface area contributed by atoms with Gasteiger partial charge in [0.2, 0.25) is 0 Å². The van der Waals surface area contributed by atoms with E-state index in [-0.39, 0.29) is 29.8 Å². The molecule has 0 aliphatic heterocycles. The van der Waals surface area contributed by atoms with E-state index in [1.54, 1.807) is 24.5 Å². The smallest absolute Gasteiger partial charge is 0.194 e. The van der Waals surface area contributed by atoms with Gasteiger partial charge in [-0.1, -0.05) is 0 Å². The van der Waals surface area contributed by atoms with Crippen LogP contribution in [0.5, 0.6) is 0 Å². The van der Waals surface area contributed by atoms with Crippen molar-refractivity contribution in [2.75, 3.05) is 14.1 Å². The second-order valence-corrected chi connectivity index (χ2v) is 6.97. The van der Waals surface area contributed by atoms with Crippen molar-refractivity contribution in [1.82, 2.24) is 15.2 Å². The molecule has 0 aliphatic carbocycles. The molecule has 5 nitrogen and oxygen atoms in total. The lowest BCUT2D eigenvalue weighted by Crippen LogP contribution is -2.38. The Kier molecular flexibility index (Phi) is 6.99. The lowest BCUT2D eigenvalue weighted by atomic mass is 10.1. The van der Waals surface area contributed by atoms with Crippen molar-refractivity contribution in [3.8, 4) is 0 Å². The Hall–Kier alpha value is -1.68. The predicted molar refractivity (Wildman–Crippen MR) is 115 cm³/mol. The van der Waals surface area contributed by atoms with Crippen molar-refractivity contribution < 1.29 is 8.81 Å². The molecule has 8 heteroatoms. The highest BCUT2D eigenvalue weighted by molar-refractivity contribution is 14.0. The van der Waals surface area contributed by atoms with Gasteiger partial charge in [0.25, 0.3) is 0 Å². The summed E-state index contributed by atoms with van der Waals surface area (Å²) < 4.78 is 19.3. The van der Waals surface area contributed by atoms with Crippen LogP contribution in [-0.2, 0) is 13.1 Å². The van der Waals surface area contributed by atoms with E-state index in [4.69, 9.17) is 4.42 Å². The summed E-state index contributed by atoms with van der Waals surface area (Å²) in [5, 5.41) is 7.20. The largest absolute Gasteiger partial charge is 0.459 e. The SMILES string of the molecule is CN=C(NCc1oc2ccc(F)cc2c1C)N(C)Cc1csc(C)n1.I. The maximum Gasteiger partial charge on any atom is 0.194 e. The molecule has 0 unspecified atom stereocenters. The number of hydrogen-bond donors (Lipinski definition) is 1. The molecule has 0 saturated carbocycles. The number of nitrogens with one attached hydrogen (secondary N) is 1. The third-order valence-corrected chi connectivity index (χ3v) is 4.87. The van der Waals surface area contributed by atoms with E-state index in [9.17, 15) is 4.39 Å². The number of halogens is 2. The van der Waals surface area contributed by atoms with Crippen LogP contribution in [0.1, 0.15) is 22.0 Å². The molecule has 2 heterocycles. The molecule has 1 N–H and O–H groups in total. The van der Waals surface area contributed by atoms with E-state index in [0.717, 1.165) is 33.4 Å². The summed E-state index contributed by atoms with van der Waals surface area (Å²) in [6.45, 7) is 5.09. The van der Waals surface area contributed by atoms with Gasteiger partial charge in [0.05, 0.1) is 23.8 Å². The summed E-state index contributed by atoms with van der Waals surface area (Å²) in [7, 11) is 3.71. The number of benzene rings is 1. The number of nitrogens with zero attached hydrogens (tertiary/aromatic N) is 3. The van der Waals surface area contributed by atoms with E-state index in [2.05, 4.69) is 20.7 Å². The molecule has 0 fully saturated rings. The quantitative estimate of drug-likeness (QED) is 0.335. The molecule has 0 aliphatic rings. The Morgan fingerprint density at radius 2 is 2.15 bits per heavy atom. The van der Waals surface area contributed by atoms with Crippen LogP contribution in [0.15, 0.2) is 33.0 Å². The zero-order valence-corrected chi connectivity index (χ0v) is 18.3. The van der Waals surface area contributed by atoms with Crippen molar-refractivity contribution in [1.29, 1.82) is 0 Å². The fourth-order valence-corrected chi connectivity index (χ4v) is 3.36. The second kappa shape index (κ2) is 8.81. The van der Waals surface area contributed by atoms with Crippen LogP contribution in [-0.4, -0.2) is 29.9 Å². The van der Waals surface area contributed by atoms with Crippen LogP contribution >= 0.6 is 35.3 Å². The normalized spacial score (nSPS) is 11.5. The molecule has 2 aromatic heterocycles. The lowest BCUT2D eigenvalue weighted by Gasteiger charge is -2.20. The Morgan fingerprint density at radius 3 is 2.81 bits per heavy atom. The van der Waals surface area contributed by atoms with Crippen LogP contribution in [0, 0.1) is 19.7 Å². The first-order chi connectivity index (χ1) is 12.0. The molecule has 3 rings (SSSR count). The van der Waals surface area contributed by atoms with Crippen LogP contribution < -0.4 is 5.32 Å². The number of aliphatic imine (C=N–C) groups is 1. The highest BCUT2D eigenvalue weighted by Crippen LogP contribution is 2.25. The summed E-state index contributed by atoms with van der Waals surface area (Å²) in [6, 6.07) is 4.57. The van der Waals surface area contributed by atoms with Crippen LogP contribution in [0.2, 0.25) is 0 Å². The average molecular weight is 488 g/mol. The molecular formula is C18H22FIN4OS. The standard InChI is InChI=1S/C18H21FN4OS.HI/c1-11-15-7-13(19)5-6-16(15)24-17(11)8-21-18(20-3)23(4)9-14-10-25-12(2)22-14;/h5-7,10H,8-9H2,1-4H3,(H,20,21);1H. The van der Waals surface area contributed by atoms with E-state index in [0.29, 0.717) is 18.7 Å². The van der Waals surface area contributed by atoms with Crippen LogP contribution in [0.4, 0.5) is 4.39 Å². The highest BCUT2D eigenvalue weighted by Gasteiger charge is 2.13. The fraction of sp³-hybridized carbons (Fsp3) is 0.333. The average Bonchev–Trinajstić information content (AvgIpc) is 3.12. The number of guanidine groups is 1. The van der Waals surface area contributed by atoms with Gasteiger partial charge < -0.3 is 14.6 Å². The van der Waals surface area contributed by atoms with Gasteiger partial charge in [-0.2, -0.15) is 0 Å². The summed E-state index contributed by atoms with van der Waals surface area (Å²) in [4.78, 5) is 10.8. The van der Waals surface area contributed by atoms with Crippen LogP contribution in [0.25, 0.3) is 11.0 Å². The molecule has 0 spiro atoms. The van der Waals surface area contributed by atoms with Crippen molar-refractivity contribution in [2.24, 2.45) is 4.99 Å². The van der Waals surface area contributed by atoms with Gasteiger partial charge in [0.15, 0.2) is 5.96 Å². The van der Waals surface area contributed by atoms with E-state index in [1.165, 1.54) is 12.1 Å². The van der Waals surface area contributed by atoms with E-state index >= 15 is 0 Å². The zero-order chi connectivity index (χ0) is 18.0. The monoisotopic (exact) mass is 488 g/mol. The van der Waals surface area contributed by atoms with E-state index < -0.39 is 0 Å². The molecule has 0 amide bonds. The van der Waals surface area contributed by atoms with E-state index in [1.807, 2.05) is 25.8 Å². The van der Waals surface area contributed by atoms with Gasteiger partial charge in [-0.15, -0.1) is 35.3 Å². The lowest BCUT2D eigenvalue weighted by molar-refractivity contribution is 0.460. The van der Waals surface area contributed by atoms with Gasteiger partial charge >= 0.3 is 0 Å². The zero-order valence-electron chi connectivity index (χ0n) is 15.2. The van der Waals surface area contributed by atoms with Gasteiger partial charge in [-0.25, -0.2) is 9.37 Å². The summed E-state index contributed by atoms with van der Waals surface area (Å²) in [5.41, 5.74) is 2.65. The first-order valence-electron chi connectivity index (χ1n) is 7.98. The first-order valence-corrected chi connectivity index (χ1v) is 8.86. The number of rotatable bonds is 4. The second-order valence-electron chi connectivity index (χ2n) is 5.91. The maximum atomic E-state index is 13.4. The van der Waals surface area contributed by atoms with Gasteiger partial charge in [0.1, 0.15) is 17.2 Å². The summed E-state index contributed by atoms with van der Waals surface area (Å²) in [6.07, 6.45) is 0. The minimum absolute atomic E-state index is 0. The molecule has 0 radical (unpaired) electrons. The molecule has 140 valence electrons. The number of fused-ring (bicyclic) bond motifs is 1. The maximum absolute atomic E-state index is 13.4. The Bertz CT molecular complexity index is 921. The molecule has 0 saturated heterocycles. The van der Waals surface area contributed by atoms with Crippen molar-refractivity contribution >= 4 is 52.2 Å². The number of aromatic nitrogens is 1. The third kappa shape index (κ3) is 4.53. The molecule has 3 aromatic rings. The Labute approximate surface area is 173 Å². The van der Waals surface area contributed by atoms with Crippen molar-refractivity contribution in [3.05, 3.63) is 51.4 Å². The Morgan fingerprint density at radius 1 is 1.38 bits per heavy atom. The van der Waals surface area contributed by atoms with Gasteiger partial charge in [0, 0.05) is 30.4 Å². The minimum Gasteiger partial charge on any atom is -0.459 e. The fourth-order valence-electron chi connectivity index (χ4n) is 2.76. The van der Waals surface area contributed by atoms with Crippen molar-refractivity contribution in [2.45, 2.75) is 26.9 Å². The van der Waals surface area contributed by atoms with Gasteiger partial charge in [-0.05, 0) is 32.0 Å². The number of thiazole rings is 1. The molecule has 0 atom stereocenters. The van der Waals surface area contributed by atoms with Crippen LogP contribution in [0.3, 0.4) is 0 Å². The topological polar surface area (TPSA) is 53.7 Å². The third-order valence-electron chi connectivity index (χ3n) is 4.04. The Balaban J connectivity index is 0.00000243. The highest BCUT2D eigenvalue weighted by atomic mass is 127. The number of hydrogen-bond acceptors (Lipinski definition) is 4. The summed E-state index contributed by atoms with van der Waals surface area (Å²) >= 11 is 1.64. The number of furan rings is 1. The number of aryl methyl sites for hydroxylation is 2. The molecule has 0 bridgehead atoms. The van der Waals surface area contributed by atoms with Crippen molar-refractivity contribution in [3.63, 3.8) is 0 Å². The minimum atomic E-state index is -0.259.